The van der Waals surface area contributed by atoms with Crippen molar-refractivity contribution in [2.75, 3.05) is 26.4 Å². The van der Waals surface area contributed by atoms with Crippen LogP contribution in [0.25, 0.3) is 0 Å². The van der Waals surface area contributed by atoms with E-state index in [1.54, 1.807) is 23.1 Å². The van der Waals surface area contributed by atoms with Crippen molar-refractivity contribution in [1.82, 2.24) is 4.90 Å². The summed E-state index contributed by atoms with van der Waals surface area (Å²) in [7, 11) is 4.12. The molecule has 8 heteroatoms. The van der Waals surface area contributed by atoms with Crippen LogP contribution in [0.1, 0.15) is 17.4 Å². The molecule has 118 valence electrons. The Morgan fingerprint density at radius 1 is 1.62 bits per heavy atom. The van der Waals surface area contributed by atoms with E-state index >= 15 is 0 Å². The third-order valence-corrected chi connectivity index (χ3v) is 4.70. The van der Waals surface area contributed by atoms with E-state index in [0.717, 1.165) is 18.1 Å². The van der Waals surface area contributed by atoms with Gasteiger partial charge in [0.05, 0.1) is 6.54 Å². The lowest BCUT2D eigenvalue weighted by molar-refractivity contribution is -0.498. The number of thioether (sulfide) groups is 1. The largest absolute Gasteiger partial charge is 0.382 e. The summed E-state index contributed by atoms with van der Waals surface area (Å²) < 4.78 is 0. The van der Waals surface area contributed by atoms with Crippen LogP contribution in [0.3, 0.4) is 0 Å². The summed E-state index contributed by atoms with van der Waals surface area (Å²) in [6.45, 7) is 2.93. The Kier molecular flexibility index (Phi) is 7.69. The van der Waals surface area contributed by atoms with Crippen molar-refractivity contribution < 1.29 is 4.92 Å². The lowest BCUT2D eigenvalue weighted by Gasteiger charge is -2.05. The second-order valence-corrected chi connectivity index (χ2v) is 7.08. The predicted molar refractivity (Wildman–Crippen MR) is 90.8 cm³/mol. The Bertz CT molecular complexity index is 488. The van der Waals surface area contributed by atoms with Crippen molar-refractivity contribution in [1.29, 1.82) is 0 Å². The van der Waals surface area contributed by atoms with E-state index in [0.29, 0.717) is 6.54 Å². The zero-order chi connectivity index (χ0) is 15.8. The first-order chi connectivity index (χ1) is 9.90. The number of hydrogen-bond acceptors (Lipinski definition) is 6. The fourth-order valence-corrected chi connectivity index (χ4v) is 3.44. The molecule has 0 saturated heterocycles. The Hall–Kier alpha value is -1.12. The number of amidine groups is 1. The normalized spacial score (nSPS) is 13.6. The predicted octanol–water partition coefficient (Wildman–Crippen LogP) is 2.07. The van der Waals surface area contributed by atoms with Crippen molar-refractivity contribution in [2.45, 2.75) is 25.3 Å². The SMILES string of the molecule is CC(C(N)=NCCSCc1csc(CN(C)C)c1)[N+](=O)[O-]. The molecule has 1 rings (SSSR count). The Morgan fingerprint density at radius 2 is 2.33 bits per heavy atom. The summed E-state index contributed by atoms with van der Waals surface area (Å²) in [5.41, 5.74) is 6.87. The highest BCUT2D eigenvalue weighted by Crippen LogP contribution is 2.20. The molecule has 1 aromatic heterocycles. The van der Waals surface area contributed by atoms with Gasteiger partial charge in [-0.2, -0.15) is 11.8 Å². The third kappa shape index (κ3) is 6.92. The molecule has 1 atom stereocenters. The highest BCUT2D eigenvalue weighted by molar-refractivity contribution is 7.98. The first-order valence-corrected chi connectivity index (χ1v) is 8.65. The van der Waals surface area contributed by atoms with Gasteiger partial charge >= 0.3 is 0 Å². The van der Waals surface area contributed by atoms with E-state index in [2.05, 4.69) is 35.4 Å². The van der Waals surface area contributed by atoms with Gasteiger partial charge in [-0.1, -0.05) is 0 Å². The van der Waals surface area contributed by atoms with E-state index in [9.17, 15) is 10.1 Å². The minimum atomic E-state index is -0.902. The zero-order valence-corrected chi connectivity index (χ0v) is 14.2. The first-order valence-electron chi connectivity index (χ1n) is 6.62. The third-order valence-electron chi connectivity index (χ3n) is 2.72. The molecule has 6 nitrogen and oxygen atoms in total. The summed E-state index contributed by atoms with van der Waals surface area (Å²) in [5, 5.41) is 12.7. The van der Waals surface area contributed by atoms with E-state index in [1.165, 1.54) is 17.4 Å². The minimum absolute atomic E-state index is 0.101. The van der Waals surface area contributed by atoms with E-state index in [-0.39, 0.29) is 5.84 Å². The summed E-state index contributed by atoms with van der Waals surface area (Å²) in [6, 6.07) is 1.32. The van der Waals surface area contributed by atoms with E-state index in [4.69, 9.17) is 5.73 Å². The van der Waals surface area contributed by atoms with Crippen LogP contribution in [-0.4, -0.2) is 48.1 Å². The van der Waals surface area contributed by atoms with Crippen LogP contribution in [0.15, 0.2) is 16.4 Å². The maximum atomic E-state index is 10.5. The first kappa shape index (κ1) is 17.9. The molecular weight excluding hydrogens is 308 g/mol. The second-order valence-electron chi connectivity index (χ2n) is 4.98. The van der Waals surface area contributed by atoms with Crippen LogP contribution in [-0.2, 0) is 12.3 Å². The number of hydrogen-bond donors (Lipinski definition) is 1. The van der Waals surface area contributed by atoms with Gasteiger partial charge in [-0.15, -0.1) is 11.3 Å². The highest BCUT2D eigenvalue weighted by Gasteiger charge is 2.16. The van der Waals surface area contributed by atoms with Crippen LogP contribution < -0.4 is 5.73 Å². The molecule has 0 aliphatic heterocycles. The molecule has 0 saturated carbocycles. The monoisotopic (exact) mass is 330 g/mol. The molecule has 0 aliphatic rings. The second kappa shape index (κ2) is 9.01. The number of thiophene rings is 1. The molecule has 0 aliphatic carbocycles. The number of rotatable bonds is 9. The summed E-state index contributed by atoms with van der Waals surface area (Å²) >= 11 is 3.54. The topological polar surface area (TPSA) is 84.8 Å². The fraction of sp³-hybridized carbons (Fsp3) is 0.615. The van der Waals surface area contributed by atoms with Gasteiger partial charge in [-0.05, 0) is 31.1 Å². The Morgan fingerprint density at radius 3 is 2.95 bits per heavy atom. The molecule has 0 bridgehead atoms. The van der Waals surface area contributed by atoms with Gasteiger partial charge < -0.3 is 10.6 Å². The fourth-order valence-electron chi connectivity index (χ4n) is 1.57. The van der Waals surface area contributed by atoms with Crippen LogP contribution in [0.4, 0.5) is 0 Å². The average molecular weight is 330 g/mol. The van der Waals surface area contributed by atoms with Gasteiger partial charge in [0.25, 0.3) is 6.04 Å². The summed E-state index contributed by atoms with van der Waals surface area (Å²) in [6.07, 6.45) is 0. The van der Waals surface area contributed by atoms with Crippen LogP contribution in [0.2, 0.25) is 0 Å². The van der Waals surface area contributed by atoms with Crippen LogP contribution >= 0.6 is 23.1 Å². The Balaban J connectivity index is 2.26. The summed E-state index contributed by atoms with van der Waals surface area (Å²) in [4.78, 5) is 17.7. The average Bonchev–Trinajstić information content (AvgIpc) is 2.83. The number of nitrogens with two attached hydrogens (primary N) is 1. The molecule has 1 heterocycles. The minimum Gasteiger partial charge on any atom is -0.382 e. The zero-order valence-electron chi connectivity index (χ0n) is 12.6. The lowest BCUT2D eigenvalue weighted by Crippen LogP contribution is -2.33. The standard InChI is InChI=1S/C13H22N4O2S2/c1-10(17(18)19)13(14)15-4-5-20-8-11-6-12(21-9-11)7-16(2)3/h6,9-10H,4-5,7-8H2,1-3H3,(H2,14,15). The van der Waals surface area contributed by atoms with Crippen molar-refractivity contribution >= 4 is 28.9 Å². The molecule has 1 unspecified atom stereocenters. The van der Waals surface area contributed by atoms with Crippen molar-refractivity contribution in [3.05, 3.63) is 32.0 Å². The summed E-state index contributed by atoms with van der Waals surface area (Å²) in [5.74, 6) is 1.85. The van der Waals surface area contributed by atoms with Crippen LogP contribution in [0, 0.1) is 10.1 Å². The molecule has 1 aromatic rings. The molecule has 0 radical (unpaired) electrons. The van der Waals surface area contributed by atoms with Gasteiger partial charge in [-0.3, -0.25) is 15.1 Å². The quantitative estimate of drug-likeness (QED) is 0.246. The Labute approximate surface area is 133 Å². The highest BCUT2D eigenvalue weighted by atomic mass is 32.2. The van der Waals surface area contributed by atoms with Crippen molar-refractivity contribution in [3.63, 3.8) is 0 Å². The maximum Gasteiger partial charge on any atom is 0.266 e. The molecular formula is C13H22N4O2S2. The molecule has 21 heavy (non-hydrogen) atoms. The smallest absolute Gasteiger partial charge is 0.266 e. The van der Waals surface area contributed by atoms with Crippen molar-refractivity contribution in [3.8, 4) is 0 Å². The number of aliphatic imine (C=N–C) groups is 1. The molecule has 2 N–H and O–H groups in total. The lowest BCUT2D eigenvalue weighted by atomic mass is 10.3. The maximum absolute atomic E-state index is 10.5. The molecule has 0 aromatic carbocycles. The van der Waals surface area contributed by atoms with E-state index in [1.807, 2.05) is 0 Å². The van der Waals surface area contributed by atoms with Gasteiger partial charge in [0.2, 0.25) is 0 Å². The van der Waals surface area contributed by atoms with Gasteiger partial charge in [0.1, 0.15) is 0 Å². The van der Waals surface area contributed by atoms with Gasteiger partial charge in [0.15, 0.2) is 5.84 Å². The number of nitro groups is 1. The molecule has 0 spiro atoms. The van der Waals surface area contributed by atoms with E-state index < -0.39 is 11.0 Å². The molecule has 0 amide bonds. The van der Waals surface area contributed by atoms with Crippen LogP contribution in [0.5, 0.6) is 0 Å². The van der Waals surface area contributed by atoms with Gasteiger partial charge in [-0.25, -0.2) is 0 Å². The van der Waals surface area contributed by atoms with Gasteiger partial charge in [0, 0.05) is 34.8 Å². The number of nitrogens with zero attached hydrogens (tertiary/aromatic N) is 3. The molecule has 0 fully saturated rings. The van der Waals surface area contributed by atoms with Crippen molar-refractivity contribution in [2.24, 2.45) is 10.7 Å².